The van der Waals surface area contributed by atoms with E-state index in [4.69, 9.17) is 0 Å². The quantitative estimate of drug-likeness (QED) is 0.813. The van der Waals surface area contributed by atoms with E-state index < -0.39 is 24.9 Å². The molecule has 1 unspecified atom stereocenters. The van der Waals surface area contributed by atoms with Gasteiger partial charge in [-0.25, -0.2) is 8.78 Å². The van der Waals surface area contributed by atoms with Crippen LogP contribution in [0, 0.1) is 5.92 Å². The summed E-state index contributed by atoms with van der Waals surface area (Å²) >= 11 is 0. The van der Waals surface area contributed by atoms with Crippen molar-refractivity contribution in [3.8, 4) is 0 Å². The van der Waals surface area contributed by atoms with Crippen molar-refractivity contribution >= 4 is 24.2 Å². The van der Waals surface area contributed by atoms with Crippen LogP contribution in [0.1, 0.15) is 44.9 Å². The zero-order valence-electron chi connectivity index (χ0n) is 14.5. The van der Waals surface area contributed by atoms with Crippen molar-refractivity contribution in [3.63, 3.8) is 0 Å². The molecule has 0 aromatic heterocycles. The topological polar surface area (TPSA) is 52.7 Å². The van der Waals surface area contributed by atoms with Crippen LogP contribution >= 0.6 is 12.4 Å². The molecule has 2 saturated heterocycles. The Kier molecular flexibility index (Phi) is 7.02. The Hall–Kier alpha value is -0.950. The average Bonchev–Trinajstić information content (AvgIpc) is 3.21. The first kappa shape index (κ1) is 20.4. The van der Waals surface area contributed by atoms with E-state index in [9.17, 15) is 18.4 Å². The van der Waals surface area contributed by atoms with Crippen LogP contribution in [0.4, 0.5) is 8.78 Å². The van der Waals surface area contributed by atoms with Crippen LogP contribution in [0.15, 0.2) is 0 Å². The van der Waals surface area contributed by atoms with E-state index >= 15 is 0 Å². The number of amides is 2. The van der Waals surface area contributed by atoms with Crippen molar-refractivity contribution in [2.75, 3.05) is 32.7 Å². The van der Waals surface area contributed by atoms with Gasteiger partial charge in [0.05, 0.1) is 12.6 Å². The molecule has 0 radical (unpaired) electrons. The molecule has 5 nitrogen and oxygen atoms in total. The number of nitrogens with zero attached hydrogens (tertiary/aromatic N) is 2. The van der Waals surface area contributed by atoms with Gasteiger partial charge in [-0.05, 0) is 12.3 Å². The van der Waals surface area contributed by atoms with Crippen LogP contribution in [-0.2, 0) is 9.59 Å². The summed E-state index contributed by atoms with van der Waals surface area (Å²) in [6.07, 6.45) is 6.20. The minimum Gasteiger partial charge on any atom is -0.339 e. The SMILES string of the molecule is Cl.O=C(CCC1CCCC1)N1CCN(C(=O)C2CC(F)(F)CN2)CC1. The number of halogens is 3. The Morgan fingerprint density at radius 1 is 1.04 bits per heavy atom. The Bertz CT molecular complexity index is 479. The summed E-state index contributed by atoms with van der Waals surface area (Å²) in [6, 6.07) is -0.787. The van der Waals surface area contributed by atoms with Crippen LogP contribution in [0.2, 0.25) is 0 Å². The molecule has 3 fully saturated rings. The summed E-state index contributed by atoms with van der Waals surface area (Å²) < 4.78 is 26.4. The zero-order chi connectivity index (χ0) is 17.2. The Morgan fingerprint density at radius 2 is 1.64 bits per heavy atom. The lowest BCUT2D eigenvalue weighted by Gasteiger charge is -2.36. The summed E-state index contributed by atoms with van der Waals surface area (Å²) in [7, 11) is 0. The maximum absolute atomic E-state index is 13.2. The lowest BCUT2D eigenvalue weighted by molar-refractivity contribution is -0.141. The first-order chi connectivity index (χ1) is 11.4. The van der Waals surface area contributed by atoms with Crippen LogP contribution in [0.3, 0.4) is 0 Å². The van der Waals surface area contributed by atoms with Gasteiger partial charge >= 0.3 is 0 Å². The molecule has 3 aliphatic rings. The normalized spacial score (nSPS) is 26.6. The van der Waals surface area contributed by atoms with Crippen LogP contribution in [0.25, 0.3) is 0 Å². The second-order valence-corrected chi connectivity index (χ2v) is 7.39. The number of hydrogen-bond donors (Lipinski definition) is 1. The largest absolute Gasteiger partial charge is 0.339 e. The van der Waals surface area contributed by atoms with Gasteiger partial charge in [0.25, 0.3) is 5.92 Å². The predicted octanol–water partition coefficient (Wildman–Crippen LogP) is 2.05. The van der Waals surface area contributed by atoms with Gasteiger partial charge < -0.3 is 9.80 Å². The van der Waals surface area contributed by atoms with Crippen molar-refractivity contribution in [3.05, 3.63) is 0 Å². The number of nitrogens with one attached hydrogen (secondary N) is 1. The minimum atomic E-state index is -2.79. The third-order valence-corrected chi connectivity index (χ3v) is 5.59. The fraction of sp³-hybridized carbons (Fsp3) is 0.882. The van der Waals surface area contributed by atoms with E-state index in [0.717, 1.165) is 6.42 Å². The second-order valence-electron chi connectivity index (χ2n) is 7.39. The van der Waals surface area contributed by atoms with E-state index in [-0.39, 0.29) is 24.2 Å². The second kappa shape index (κ2) is 8.62. The maximum Gasteiger partial charge on any atom is 0.262 e. The third-order valence-electron chi connectivity index (χ3n) is 5.59. The molecule has 1 aliphatic carbocycles. The first-order valence-corrected chi connectivity index (χ1v) is 9.12. The molecule has 8 heteroatoms. The molecule has 0 spiro atoms. The van der Waals surface area contributed by atoms with Gasteiger partial charge in [0, 0.05) is 39.0 Å². The highest BCUT2D eigenvalue weighted by molar-refractivity contribution is 5.85. The maximum atomic E-state index is 13.2. The van der Waals surface area contributed by atoms with E-state index in [2.05, 4.69) is 5.32 Å². The third kappa shape index (κ3) is 5.26. The average molecular weight is 380 g/mol. The van der Waals surface area contributed by atoms with Gasteiger partial charge in [0.15, 0.2) is 0 Å². The highest BCUT2D eigenvalue weighted by Gasteiger charge is 2.43. The van der Waals surface area contributed by atoms with Crippen molar-refractivity contribution in [1.29, 1.82) is 0 Å². The summed E-state index contributed by atoms with van der Waals surface area (Å²) in [5, 5.41) is 2.61. The molecule has 2 heterocycles. The van der Waals surface area contributed by atoms with Crippen molar-refractivity contribution in [2.24, 2.45) is 5.92 Å². The molecule has 1 saturated carbocycles. The fourth-order valence-electron chi connectivity index (χ4n) is 4.07. The lowest BCUT2D eigenvalue weighted by atomic mass is 10.0. The molecule has 1 atom stereocenters. The molecule has 3 rings (SSSR count). The fourth-order valence-corrected chi connectivity index (χ4v) is 4.07. The molecule has 2 aliphatic heterocycles. The summed E-state index contributed by atoms with van der Waals surface area (Å²) in [6.45, 7) is 1.48. The number of carbonyl (C=O) groups excluding carboxylic acids is 2. The Morgan fingerprint density at radius 3 is 2.20 bits per heavy atom. The zero-order valence-corrected chi connectivity index (χ0v) is 15.3. The number of piperazine rings is 1. The monoisotopic (exact) mass is 379 g/mol. The van der Waals surface area contributed by atoms with Gasteiger partial charge in [-0.15, -0.1) is 12.4 Å². The summed E-state index contributed by atoms with van der Waals surface area (Å²) in [4.78, 5) is 28.0. The molecule has 25 heavy (non-hydrogen) atoms. The number of hydrogen-bond acceptors (Lipinski definition) is 3. The van der Waals surface area contributed by atoms with Gasteiger partial charge in [0.1, 0.15) is 0 Å². The van der Waals surface area contributed by atoms with Crippen molar-refractivity contribution in [2.45, 2.75) is 56.9 Å². The molecule has 144 valence electrons. The minimum absolute atomic E-state index is 0. The van der Waals surface area contributed by atoms with Crippen molar-refractivity contribution < 1.29 is 18.4 Å². The first-order valence-electron chi connectivity index (χ1n) is 9.12. The van der Waals surface area contributed by atoms with E-state index in [1.165, 1.54) is 25.7 Å². The predicted molar refractivity (Wildman–Crippen MR) is 93.0 cm³/mol. The van der Waals surface area contributed by atoms with Gasteiger partial charge in [-0.1, -0.05) is 25.7 Å². The summed E-state index contributed by atoms with van der Waals surface area (Å²) in [5.74, 6) is -2.19. The highest BCUT2D eigenvalue weighted by Crippen LogP contribution is 2.29. The molecular weight excluding hydrogens is 352 g/mol. The molecular formula is C17H28ClF2N3O2. The standard InChI is InChI=1S/C17H27F2N3O2.ClH/c18-17(19)11-14(20-12-17)16(24)22-9-7-21(8-10-22)15(23)6-5-13-3-1-2-4-13;/h13-14,20H,1-12H2;1H. The van der Waals surface area contributed by atoms with E-state index in [1.807, 2.05) is 4.90 Å². The van der Waals surface area contributed by atoms with Gasteiger partial charge in [-0.3, -0.25) is 14.9 Å². The smallest absolute Gasteiger partial charge is 0.262 e. The molecule has 0 aromatic rings. The Balaban J connectivity index is 0.00000225. The van der Waals surface area contributed by atoms with Crippen molar-refractivity contribution in [1.82, 2.24) is 15.1 Å². The molecule has 2 amide bonds. The van der Waals surface area contributed by atoms with Gasteiger partial charge in [-0.2, -0.15) is 0 Å². The highest BCUT2D eigenvalue weighted by atomic mass is 35.5. The van der Waals surface area contributed by atoms with E-state index in [1.54, 1.807) is 4.90 Å². The van der Waals surface area contributed by atoms with Crippen LogP contribution in [0.5, 0.6) is 0 Å². The summed E-state index contributed by atoms with van der Waals surface area (Å²) in [5.41, 5.74) is 0. The van der Waals surface area contributed by atoms with Gasteiger partial charge in [0.2, 0.25) is 11.8 Å². The number of alkyl halides is 2. The van der Waals surface area contributed by atoms with E-state index in [0.29, 0.717) is 38.5 Å². The molecule has 1 N–H and O–H groups in total. The lowest BCUT2D eigenvalue weighted by Crippen LogP contribution is -2.54. The Labute approximate surface area is 153 Å². The molecule has 0 bridgehead atoms. The van der Waals surface area contributed by atoms with Crippen LogP contribution < -0.4 is 5.32 Å². The van der Waals surface area contributed by atoms with Crippen LogP contribution in [-0.4, -0.2) is 66.3 Å². The number of rotatable bonds is 4. The number of carbonyl (C=O) groups is 2. The molecule has 0 aromatic carbocycles.